The molecule has 3 amide bonds. The molecule has 2 aliphatic carbocycles. The molecule has 2 aromatic carbocycles. The lowest BCUT2D eigenvalue weighted by Gasteiger charge is -2.38. The molecule has 2 atom stereocenters. The first-order valence-corrected chi connectivity index (χ1v) is 22.4. The van der Waals surface area contributed by atoms with Gasteiger partial charge in [0.2, 0.25) is 24.2 Å². The number of aliphatic hydroxyl groups excluding tert-OH is 1. The summed E-state index contributed by atoms with van der Waals surface area (Å²) in [6, 6.07) is 14.9. The molecule has 1 aromatic heterocycles. The highest BCUT2D eigenvalue weighted by Crippen LogP contribution is 2.57. The molecule has 8 rings (SSSR count). The first kappa shape index (κ1) is 41.9. The number of unbranched alkanes of at least 4 members (excludes halogenated alkanes) is 1. The van der Waals surface area contributed by atoms with Crippen molar-refractivity contribution < 1.29 is 24.3 Å². The van der Waals surface area contributed by atoms with Crippen molar-refractivity contribution in [3.8, 4) is 0 Å². The van der Waals surface area contributed by atoms with Gasteiger partial charge in [0.15, 0.2) is 0 Å². The van der Waals surface area contributed by atoms with Crippen molar-refractivity contribution in [3.63, 3.8) is 0 Å². The van der Waals surface area contributed by atoms with Crippen LogP contribution in [0.1, 0.15) is 81.8 Å². The highest BCUT2D eigenvalue weighted by Gasteiger charge is 2.61. The molecule has 1 spiro atoms. The second kappa shape index (κ2) is 18.5. The van der Waals surface area contributed by atoms with Gasteiger partial charge in [-0.15, -0.1) is 0 Å². The van der Waals surface area contributed by atoms with Gasteiger partial charge in [-0.3, -0.25) is 34.6 Å². The summed E-state index contributed by atoms with van der Waals surface area (Å²) < 4.78 is 2.43. The fourth-order valence-electron chi connectivity index (χ4n) is 9.36. The van der Waals surface area contributed by atoms with E-state index in [9.17, 15) is 24.3 Å². The average molecular weight is 839 g/mol. The number of carbonyl (C=O) groups is 4. The molecule has 3 N–H and O–H groups in total. The van der Waals surface area contributed by atoms with Gasteiger partial charge in [-0.2, -0.15) is 4.98 Å². The maximum absolute atomic E-state index is 13.7. The van der Waals surface area contributed by atoms with Gasteiger partial charge in [0.05, 0.1) is 28.6 Å². The Balaban J connectivity index is 0.825. The van der Waals surface area contributed by atoms with Gasteiger partial charge in [-0.1, -0.05) is 18.2 Å². The standard InChI is InChI=1S/C44H58N10O5S/c1-49(30-56)40-37(50(2)48-39(58)14-3-4-25-55)12-7-13-38(40)52-23-21-51(22-24-52)29-31-8-5-11-35(26-31)60-53-19-15-32(16-20-53)46-43-45-28-36-41(47-43)54(42(59)44(36)17-18-44)33-9-6-10-34(57)27-33/h5,7-8,11-13,25-26,28,30,32-34,57H,3-4,6,9-10,14-24,27,29H2,1-2H3,(H,48,58)(H,45,46,47)/t33?,34-/m1/s1. The van der Waals surface area contributed by atoms with Gasteiger partial charge in [-0.25, -0.2) is 9.29 Å². The number of rotatable bonds is 16. The zero-order valence-electron chi connectivity index (χ0n) is 34.8. The summed E-state index contributed by atoms with van der Waals surface area (Å²) >= 11 is 1.81. The lowest BCUT2D eigenvalue weighted by molar-refractivity contribution is -0.122. The van der Waals surface area contributed by atoms with E-state index in [4.69, 9.17) is 9.97 Å². The van der Waals surface area contributed by atoms with Crippen molar-refractivity contribution in [2.75, 3.05) is 78.4 Å². The minimum atomic E-state index is -0.445. The van der Waals surface area contributed by atoms with Crippen LogP contribution < -0.4 is 30.5 Å². The van der Waals surface area contributed by atoms with E-state index in [0.717, 1.165) is 126 Å². The van der Waals surface area contributed by atoms with E-state index in [0.29, 0.717) is 30.9 Å². The fraction of sp³-hybridized carbons (Fsp3) is 0.545. The maximum Gasteiger partial charge on any atom is 0.239 e. The van der Waals surface area contributed by atoms with Crippen LogP contribution in [0.5, 0.6) is 0 Å². The molecule has 320 valence electrons. The molecule has 0 bridgehead atoms. The van der Waals surface area contributed by atoms with Crippen LogP contribution in [0.15, 0.2) is 53.6 Å². The highest BCUT2D eigenvalue weighted by molar-refractivity contribution is 7.97. The number of hydrogen-bond acceptors (Lipinski definition) is 13. The van der Waals surface area contributed by atoms with Crippen LogP contribution in [-0.2, 0) is 31.1 Å². The molecule has 3 aromatic rings. The van der Waals surface area contributed by atoms with E-state index in [1.54, 1.807) is 24.0 Å². The van der Waals surface area contributed by atoms with Gasteiger partial charge in [-0.05, 0) is 99.6 Å². The van der Waals surface area contributed by atoms with Gasteiger partial charge in [0.25, 0.3) is 0 Å². The number of para-hydroxylation sites is 1. The van der Waals surface area contributed by atoms with E-state index in [-0.39, 0.29) is 36.4 Å². The van der Waals surface area contributed by atoms with Gasteiger partial charge in [0.1, 0.15) is 12.1 Å². The topological polar surface area (TPSA) is 158 Å². The van der Waals surface area contributed by atoms with Crippen LogP contribution >= 0.6 is 11.9 Å². The quantitative estimate of drug-likeness (QED) is 0.0804. The number of piperidine rings is 1. The third-order valence-corrected chi connectivity index (χ3v) is 13.9. The van der Waals surface area contributed by atoms with E-state index in [1.807, 2.05) is 41.2 Å². The first-order valence-electron chi connectivity index (χ1n) is 21.6. The monoisotopic (exact) mass is 838 g/mol. The molecular formula is C44H58N10O5S. The predicted molar refractivity (Wildman–Crippen MR) is 234 cm³/mol. The summed E-state index contributed by atoms with van der Waals surface area (Å²) in [7, 11) is 3.49. The van der Waals surface area contributed by atoms with Crippen LogP contribution in [0, 0.1) is 0 Å². The van der Waals surface area contributed by atoms with Crippen molar-refractivity contribution >= 4 is 65.3 Å². The fourth-order valence-corrected chi connectivity index (χ4v) is 10.4. The van der Waals surface area contributed by atoms with Crippen molar-refractivity contribution in [2.45, 2.75) is 106 Å². The molecule has 2 saturated heterocycles. The van der Waals surface area contributed by atoms with E-state index in [2.05, 4.69) is 49.1 Å². The van der Waals surface area contributed by atoms with E-state index >= 15 is 0 Å². The summed E-state index contributed by atoms with van der Waals surface area (Å²) in [5.41, 5.74) is 7.05. The molecule has 2 saturated carbocycles. The van der Waals surface area contributed by atoms with Crippen molar-refractivity contribution in [1.29, 1.82) is 0 Å². The normalized spacial score (nSPS) is 21.8. The Kier molecular flexibility index (Phi) is 12.9. The number of piperazine rings is 1. The SMILES string of the molecule is CN(C=O)c1c(N2CCN(Cc3cccc(SN4CCC(Nc5ncc6c(n5)N(C5CCC[C@@H](O)C5)C(=O)C65CC5)CC4)c3)CC2)cccc1N(C)NC(=O)CCCC=O. The predicted octanol–water partition coefficient (Wildman–Crippen LogP) is 4.49. The smallest absolute Gasteiger partial charge is 0.239 e. The van der Waals surface area contributed by atoms with Crippen LogP contribution in [0.25, 0.3) is 0 Å². The third kappa shape index (κ3) is 9.11. The number of nitrogens with zero attached hydrogens (tertiary/aromatic N) is 8. The van der Waals surface area contributed by atoms with Gasteiger partial charge >= 0.3 is 0 Å². The minimum absolute atomic E-state index is 0.00440. The Morgan fingerprint density at radius 2 is 1.80 bits per heavy atom. The third-order valence-electron chi connectivity index (χ3n) is 12.8. The average Bonchev–Trinajstić information content (AvgIpc) is 4.02. The molecule has 16 heteroatoms. The Morgan fingerprint density at radius 1 is 1.02 bits per heavy atom. The largest absolute Gasteiger partial charge is 0.393 e. The number of nitrogens with one attached hydrogen (secondary N) is 2. The molecule has 0 radical (unpaired) electrons. The van der Waals surface area contributed by atoms with Crippen LogP contribution in [0.2, 0.25) is 0 Å². The maximum atomic E-state index is 13.7. The number of hydrazine groups is 1. The Bertz CT molecular complexity index is 2040. The summed E-state index contributed by atoms with van der Waals surface area (Å²) in [6.07, 6.45) is 11.0. The van der Waals surface area contributed by atoms with Crippen molar-refractivity contribution in [2.24, 2.45) is 0 Å². The number of fused-ring (bicyclic) bond motifs is 2. The highest BCUT2D eigenvalue weighted by atomic mass is 32.2. The zero-order chi connectivity index (χ0) is 41.8. The molecule has 4 heterocycles. The number of amides is 3. The van der Waals surface area contributed by atoms with Crippen LogP contribution in [0.3, 0.4) is 0 Å². The first-order chi connectivity index (χ1) is 29.1. The van der Waals surface area contributed by atoms with Gasteiger partial charge in [0, 0.05) is 101 Å². The lowest BCUT2D eigenvalue weighted by Crippen LogP contribution is -2.46. The van der Waals surface area contributed by atoms with Crippen LogP contribution in [0.4, 0.5) is 28.8 Å². The summed E-state index contributed by atoms with van der Waals surface area (Å²) in [5, 5.41) is 15.6. The summed E-state index contributed by atoms with van der Waals surface area (Å²) in [6.45, 7) is 6.02. The number of carbonyl (C=O) groups excluding carboxylic acids is 4. The Hall–Kier alpha value is -4.77. The van der Waals surface area contributed by atoms with Gasteiger partial charge < -0.3 is 25.0 Å². The van der Waals surface area contributed by atoms with E-state index < -0.39 is 5.41 Å². The summed E-state index contributed by atoms with van der Waals surface area (Å²) in [5.74, 6) is 1.30. The minimum Gasteiger partial charge on any atom is -0.393 e. The van der Waals surface area contributed by atoms with Crippen LogP contribution in [-0.4, -0.2) is 120 Å². The van der Waals surface area contributed by atoms with E-state index in [1.165, 1.54) is 10.5 Å². The summed E-state index contributed by atoms with van der Waals surface area (Å²) in [4.78, 5) is 68.0. The molecule has 3 aliphatic heterocycles. The number of benzene rings is 2. The molecule has 1 unspecified atom stereocenters. The number of aldehydes is 1. The number of anilines is 5. The Morgan fingerprint density at radius 3 is 2.53 bits per heavy atom. The molecule has 5 aliphatic rings. The number of aromatic nitrogens is 2. The lowest BCUT2D eigenvalue weighted by atomic mass is 9.92. The number of hydrogen-bond donors (Lipinski definition) is 3. The number of aliphatic hydroxyl groups is 1. The molecule has 60 heavy (non-hydrogen) atoms. The Labute approximate surface area is 357 Å². The second-order valence-electron chi connectivity index (χ2n) is 17.0. The molecular weight excluding hydrogens is 781 g/mol. The molecule has 4 fully saturated rings. The zero-order valence-corrected chi connectivity index (χ0v) is 35.6. The second-order valence-corrected chi connectivity index (χ2v) is 18.2. The van der Waals surface area contributed by atoms with Crippen molar-refractivity contribution in [1.82, 2.24) is 24.6 Å². The van der Waals surface area contributed by atoms with Crippen molar-refractivity contribution in [3.05, 3.63) is 59.8 Å². The molecule has 15 nitrogen and oxygen atoms in total.